The molecule has 2 aromatic carbocycles. The molecule has 0 radical (unpaired) electrons. The van der Waals surface area contributed by atoms with E-state index in [1.165, 1.54) is 10.2 Å². The van der Waals surface area contributed by atoms with Gasteiger partial charge in [-0.3, -0.25) is 14.5 Å². The van der Waals surface area contributed by atoms with E-state index >= 15 is 0 Å². The summed E-state index contributed by atoms with van der Waals surface area (Å²) in [6.45, 7) is 5.40. The van der Waals surface area contributed by atoms with E-state index in [9.17, 15) is 9.59 Å². The van der Waals surface area contributed by atoms with Crippen LogP contribution < -0.4 is 10.9 Å². The summed E-state index contributed by atoms with van der Waals surface area (Å²) < 4.78 is 1.27. The van der Waals surface area contributed by atoms with Gasteiger partial charge in [0.15, 0.2) is 0 Å². The second kappa shape index (κ2) is 8.57. The average molecular weight is 390 g/mol. The minimum absolute atomic E-state index is 0.0506. The summed E-state index contributed by atoms with van der Waals surface area (Å²) in [7, 11) is 0. The molecule has 1 aromatic heterocycles. The van der Waals surface area contributed by atoms with Crippen LogP contribution in [0, 0.1) is 12.8 Å². The summed E-state index contributed by atoms with van der Waals surface area (Å²) in [6.07, 6.45) is 1.07. The van der Waals surface area contributed by atoms with Crippen molar-refractivity contribution in [3.63, 3.8) is 0 Å². The first-order valence-electron chi connectivity index (χ1n) is 10.1. The molecule has 1 amide bonds. The van der Waals surface area contributed by atoms with Crippen LogP contribution in [-0.2, 0) is 17.9 Å². The number of carbonyl (C=O) groups is 1. The van der Waals surface area contributed by atoms with E-state index in [-0.39, 0.29) is 18.0 Å². The Morgan fingerprint density at radius 3 is 2.62 bits per heavy atom. The lowest BCUT2D eigenvalue weighted by Gasteiger charge is -2.16. The average Bonchev–Trinajstić information content (AvgIpc) is 3.18. The van der Waals surface area contributed by atoms with Gasteiger partial charge in [-0.25, -0.2) is 4.68 Å². The molecule has 0 aliphatic carbocycles. The zero-order valence-electron chi connectivity index (χ0n) is 16.7. The normalized spacial score (nSPS) is 16.9. The molecular weight excluding hydrogens is 364 g/mol. The predicted molar refractivity (Wildman–Crippen MR) is 114 cm³/mol. The number of aryl methyl sites for hydroxylation is 1. The number of nitrogens with one attached hydrogen (secondary N) is 1. The lowest BCUT2D eigenvalue weighted by Crippen LogP contribution is -2.36. The summed E-state index contributed by atoms with van der Waals surface area (Å²) in [5.41, 5.74) is 1.84. The Morgan fingerprint density at radius 2 is 1.83 bits per heavy atom. The fourth-order valence-electron chi connectivity index (χ4n) is 4.03. The monoisotopic (exact) mass is 390 g/mol. The molecule has 0 bridgehead atoms. The Morgan fingerprint density at radius 1 is 1.10 bits per heavy atom. The Bertz CT molecular complexity index is 1060. The number of benzene rings is 2. The summed E-state index contributed by atoms with van der Waals surface area (Å²) in [5, 5.41) is 8.73. The van der Waals surface area contributed by atoms with Gasteiger partial charge in [0.2, 0.25) is 5.91 Å². The molecule has 0 spiro atoms. The number of rotatable bonds is 6. The lowest BCUT2D eigenvalue weighted by molar-refractivity contribution is -0.122. The van der Waals surface area contributed by atoms with Crippen molar-refractivity contribution in [1.29, 1.82) is 0 Å². The molecule has 1 aliphatic rings. The topological polar surface area (TPSA) is 67.2 Å². The van der Waals surface area contributed by atoms with Gasteiger partial charge in [-0.05, 0) is 37.4 Å². The molecule has 6 nitrogen and oxygen atoms in total. The molecule has 1 N–H and O–H groups in total. The molecule has 4 rings (SSSR count). The molecule has 0 unspecified atom stereocenters. The van der Waals surface area contributed by atoms with Gasteiger partial charge < -0.3 is 5.32 Å². The third-order valence-corrected chi connectivity index (χ3v) is 5.55. The lowest BCUT2D eigenvalue weighted by atomic mass is 10.1. The highest BCUT2D eigenvalue weighted by atomic mass is 16.2. The van der Waals surface area contributed by atoms with Crippen LogP contribution in [0.3, 0.4) is 0 Å². The Labute approximate surface area is 170 Å². The minimum Gasteiger partial charge on any atom is -0.354 e. The van der Waals surface area contributed by atoms with Gasteiger partial charge in [0, 0.05) is 25.0 Å². The van der Waals surface area contributed by atoms with Crippen molar-refractivity contribution < 1.29 is 4.79 Å². The van der Waals surface area contributed by atoms with Gasteiger partial charge in [-0.15, -0.1) is 0 Å². The number of amides is 1. The van der Waals surface area contributed by atoms with Crippen LogP contribution in [0.25, 0.3) is 10.8 Å². The van der Waals surface area contributed by atoms with Crippen LogP contribution in [-0.4, -0.2) is 40.2 Å². The van der Waals surface area contributed by atoms with Crippen molar-refractivity contribution >= 4 is 16.7 Å². The largest absolute Gasteiger partial charge is 0.354 e. The van der Waals surface area contributed by atoms with E-state index in [2.05, 4.69) is 39.6 Å². The number of hydrogen-bond donors (Lipinski definition) is 1. The second-order valence-corrected chi connectivity index (χ2v) is 7.77. The molecule has 1 saturated heterocycles. The minimum atomic E-state index is -0.226. The van der Waals surface area contributed by atoms with Crippen molar-refractivity contribution in [2.45, 2.75) is 26.4 Å². The molecular formula is C23H26N4O2. The third kappa shape index (κ3) is 4.54. The highest BCUT2D eigenvalue weighted by Crippen LogP contribution is 2.18. The first-order valence-corrected chi connectivity index (χ1v) is 10.1. The molecule has 6 heteroatoms. The van der Waals surface area contributed by atoms with Crippen molar-refractivity contribution in [2.24, 2.45) is 5.92 Å². The number of likely N-dealkylation sites (tertiary alicyclic amines) is 1. The Hall–Kier alpha value is -2.99. The van der Waals surface area contributed by atoms with Gasteiger partial charge in [0.05, 0.1) is 11.1 Å². The Balaban J connectivity index is 1.31. The van der Waals surface area contributed by atoms with E-state index in [4.69, 9.17) is 0 Å². The van der Waals surface area contributed by atoms with Crippen LogP contribution >= 0.6 is 0 Å². The van der Waals surface area contributed by atoms with Crippen molar-refractivity contribution in [3.05, 3.63) is 76.2 Å². The van der Waals surface area contributed by atoms with E-state index < -0.39 is 0 Å². The van der Waals surface area contributed by atoms with Gasteiger partial charge in [0.1, 0.15) is 6.54 Å². The van der Waals surface area contributed by atoms with Crippen LogP contribution in [0.4, 0.5) is 0 Å². The van der Waals surface area contributed by atoms with E-state index in [1.807, 2.05) is 31.2 Å². The number of carbonyl (C=O) groups excluding carboxylic acids is 1. The predicted octanol–water partition coefficient (Wildman–Crippen LogP) is 2.34. The van der Waals surface area contributed by atoms with E-state index in [0.29, 0.717) is 17.8 Å². The zero-order chi connectivity index (χ0) is 20.2. The fourth-order valence-corrected chi connectivity index (χ4v) is 4.03. The smallest absolute Gasteiger partial charge is 0.275 e. The summed E-state index contributed by atoms with van der Waals surface area (Å²) in [6, 6.07) is 17.8. The molecule has 150 valence electrons. The molecule has 29 heavy (non-hydrogen) atoms. The van der Waals surface area contributed by atoms with Crippen molar-refractivity contribution in [3.8, 4) is 0 Å². The molecule has 0 saturated carbocycles. The first kappa shape index (κ1) is 19.3. The van der Waals surface area contributed by atoms with Crippen LogP contribution in [0.5, 0.6) is 0 Å². The highest BCUT2D eigenvalue weighted by molar-refractivity contribution is 5.83. The van der Waals surface area contributed by atoms with E-state index in [0.717, 1.165) is 37.1 Å². The van der Waals surface area contributed by atoms with Gasteiger partial charge >= 0.3 is 0 Å². The number of fused-ring (bicyclic) bond motifs is 1. The Kier molecular flexibility index (Phi) is 5.71. The number of hydrogen-bond acceptors (Lipinski definition) is 4. The zero-order valence-corrected chi connectivity index (χ0v) is 16.7. The van der Waals surface area contributed by atoms with Gasteiger partial charge in [-0.1, -0.05) is 48.5 Å². The highest BCUT2D eigenvalue weighted by Gasteiger charge is 2.23. The molecule has 1 fully saturated rings. The maximum absolute atomic E-state index is 12.6. The summed E-state index contributed by atoms with van der Waals surface area (Å²) in [4.78, 5) is 27.4. The number of nitrogens with zero attached hydrogens (tertiary/aromatic N) is 3. The van der Waals surface area contributed by atoms with Crippen LogP contribution in [0.2, 0.25) is 0 Å². The van der Waals surface area contributed by atoms with E-state index in [1.54, 1.807) is 6.07 Å². The molecule has 2 heterocycles. The first-order chi connectivity index (χ1) is 14.1. The standard InChI is InChI=1S/C23H26N4O2/c1-17-20-9-5-6-10-21(20)23(29)27(25-17)16-22(28)24-13-19-11-12-26(15-19)14-18-7-3-2-4-8-18/h2-10,19H,11-16H2,1H3,(H,24,28)/t19-/m0/s1. The SMILES string of the molecule is Cc1nn(CC(=O)NC[C@@H]2CCN(Cc3ccccc3)C2)c(=O)c2ccccc12. The fraction of sp³-hybridized carbons (Fsp3) is 0.348. The molecule has 1 atom stereocenters. The van der Waals surface area contributed by atoms with Crippen molar-refractivity contribution in [1.82, 2.24) is 20.0 Å². The number of aromatic nitrogens is 2. The van der Waals surface area contributed by atoms with Gasteiger partial charge in [-0.2, -0.15) is 5.10 Å². The second-order valence-electron chi connectivity index (χ2n) is 7.77. The van der Waals surface area contributed by atoms with Crippen LogP contribution in [0.15, 0.2) is 59.4 Å². The quantitative estimate of drug-likeness (QED) is 0.702. The summed E-state index contributed by atoms with van der Waals surface area (Å²) in [5.74, 6) is 0.265. The molecule has 3 aromatic rings. The maximum atomic E-state index is 12.6. The third-order valence-electron chi connectivity index (χ3n) is 5.55. The summed E-state index contributed by atoms with van der Waals surface area (Å²) >= 11 is 0. The van der Waals surface area contributed by atoms with Crippen LogP contribution in [0.1, 0.15) is 17.7 Å². The van der Waals surface area contributed by atoms with Crippen molar-refractivity contribution in [2.75, 3.05) is 19.6 Å². The van der Waals surface area contributed by atoms with Gasteiger partial charge in [0.25, 0.3) is 5.56 Å². The maximum Gasteiger partial charge on any atom is 0.275 e. The molecule has 1 aliphatic heterocycles.